The van der Waals surface area contributed by atoms with E-state index in [1.807, 2.05) is 24.7 Å². The molecule has 2 aromatic heterocycles. The van der Waals surface area contributed by atoms with Crippen LogP contribution in [-0.4, -0.2) is 36.9 Å². The molecule has 136 valence electrons. The fourth-order valence-electron chi connectivity index (χ4n) is 2.52. The second-order valence-electron chi connectivity index (χ2n) is 5.74. The lowest BCUT2D eigenvalue weighted by Crippen LogP contribution is -2.34. The summed E-state index contributed by atoms with van der Waals surface area (Å²) in [5, 5.41) is 22.0. The zero-order valence-electron chi connectivity index (χ0n) is 14.4. The average Bonchev–Trinajstić information content (AvgIpc) is 3.08. The predicted molar refractivity (Wildman–Crippen MR) is 95.2 cm³/mol. The first-order chi connectivity index (χ1) is 11.8. The fraction of sp³-hybridized carbons (Fsp3) is 0.533. The van der Waals surface area contributed by atoms with E-state index in [9.17, 15) is 14.9 Å². The molecule has 0 aliphatic rings. The molecule has 0 bridgehead atoms. The van der Waals surface area contributed by atoms with Gasteiger partial charge in [-0.25, -0.2) is 0 Å². The van der Waals surface area contributed by atoms with Crippen LogP contribution in [-0.2, 0) is 11.3 Å². The van der Waals surface area contributed by atoms with Crippen LogP contribution >= 0.6 is 15.9 Å². The van der Waals surface area contributed by atoms with Gasteiger partial charge >= 0.3 is 5.82 Å². The van der Waals surface area contributed by atoms with Crippen LogP contribution in [0.15, 0.2) is 16.7 Å². The van der Waals surface area contributed by atoms with Gasteiger partial charge in [0.2, 0.25) is 5.91 Å². The molecule has 1 amide bonds. The van der Waals surface area contributed by atoms with Crippen LogP contribution in [0, 0.1) is 24.0 Å². The Kier molecular flexibility index (Phi) is 6.29. The molecule has 0 saturated heterocycles. The third kappa shape index (κ3) is 4.65. The van der Waals surface area contributed by atoms with E-state index in [1.54, 1.807) is 6.92 Å². The first-order valence-electron chi connectivity index (χ1n) is 8.01. The van der Waals surface area contributed by atoms with Crippen molar-refractivity contribution in [2.24, 2.45) is 0 Å². The lowest BCUT2D eigenvalue weighted by Gasteiger charge is -2.14. The van der Waals surface area contributed by atoms with Crippen molar-refractivity contribution in [1.29, 1.82) is 0 Å². The van der Waals surface area contributed by atoms with Crippen LogP contribution in [0.5, 0.6) is 0 Å². The summed E-state index contributed by atoms with van der Waals surface area (Å²) in [6.45, 7) is 6.65. The summed E-state index contributed by atoms with van der Waals surface area (Å²) in [6, 6.07) is 0.809. The molecule has 2 rings (SSSR count). The zero-order valence-corrected chi connectivity index (χ0v) is 16.0. The molecule has 0 aliphatic carbocycles. The number of nitro groups is 1. The van der Waals surface area contributed by atoms with Crippen molar-refractivity contribution in [3.05, 3.63) is 38.2 Å². The van der Waals surface area contributed by atoms with E-state index in [-0.39, 0.29) is 11.7 Å². The van der Waals surface area contributed by atoms with E-state index < -0.39 is 11.0 Å². The molecule has 0 aromatic carbocycles. The quantitative estimate of drug-likeness (QED) is 0.407. The minimum absolute atomic E-state index is 0.193. The minimum atomic E-state index is -0.560. The number of carbonyl (C=O) groups excluding carboxylic acids is 1. The fourth-order valence-corrected chi connectivity index (χ4v) is 2.84. The number of rotatable bonds is 8. The molecule has 1 unspecified atom stereocenters. The van der Waals surface area contributed by atoms with Gasteiger partial charge in [-0.3, -0.25) is 9.48 Å². The summed E-state index contributed by atoms with van der Waals surface area (Å²) in [4.78, 5) is 22.7. The van der Waals surface area contributed by atoms with Gasteiger partial charge in [0.25, 0.3) is 0 Å². The first-order valence-corrected chi connectivity index (χ1v) is 8.80. The van der Waals surface area contributed by atoms with Crippen molar-refractivity contribution in [3.63, 3.8) is 0 Å². The molecular formula is C15H21BrN6O3. The number of halogens is 1. The number of carbonyl (C=O) groups is 1. The third-order valence-electron chi connectivity index (χ3n) is 3.83. The second kappa shape index (κ2) is 8.24. The van der Waals surface area contributed by atoms with Gasteiger partial charge in [-0.15, -0.1) is 0 Å². The maximum atomic E-state index is 12.4. The summed E-state index contributed by atoms with van der Waals surface area (Å²) in [6.07, 6.45) is 3.13. The summed E-state index contributed by atoms with van der Waals surface area (Å²) in [5.74, 6) is -0.440. The Bertz CT molecular complexity index is 750. The number of hydrogen-bond acceptors (Lipinski definition) is 5. The van der Waals surface area contributed by atoms with Crippen molar-refractivity contribution in [2.45, 2.75) is 46.2 Å². The summed E-state index contributed by atoms with van der Waals surface area (Å²) in [7, 11) is 0. The van der Waals surface area contributed by atoms with Crippen LogP contribution in [0.3, 0.4) is 0 Å². The lowest BCUT2D eigenvalue weighted by atomic mass is 10.2. The maximum Gasteiger partial charge on any atom is 0.390 e. The molecule has 0 saturated carbocycles. The number of nitrogens with zero attached hydrogens (tertiary/aromatic N) is 5. The monoisotopic (exact) mass is 412 g/mol. The van der Waals surface area contributed by atoms with E-state index in [2.05, 4.69) is 31.4 Å². The highest BCUT2D eigenvalue weighted by atomic mass is 79.9. The van der Waals surface area contributed by atoms with Crippen molar-refractivity contribution in [3.8, 4) is 0 Å². The molecule has 0 aliphatic heterocycles. The van der Waals surface area contributed by atoms with E-state index in [1.165, 1.54) is 10.7 Å². The molecule has 2 heterocycles. The van der Waals surface area contributed by atoms with Gasteiger partial charge < -0.3 is 15.4 Å². The van der Waals surface area contributed by atoms with Crippen LogP contribution in [0.25, 0.3) is 0 Å². The van der Waals surface area contributed by atoms with E-state index in [0.29, 0.717) is 25.2 Å². The van der Waals surface area contributed by atoms with E-state index in [0.717, 1.165) is 16.6 Å². The largest absolute Gasteiger partial charge is 0.390 e. The molecule has 9 nitrogen and oxygen atoms in total. The predicted octanol–water partition coefficient (Wildman–Crippen LogP) is 2.52. The van der Waals surface area contributed by atoms with Gasteiger partial charge in [0.15, 0.2) is 6.04 Å². The van der Waals surface area contributed by atoms with Crippen LogP contribution < -0.4 is 5.32 Å². The molecule has 10 heteroatoms. The Morgan fingerprint density at radius 1 is 1.44 bits per heavy atom. The van der Waals surface area contributed by atoms with E-state index >= 15 is 0 Å². The molecule has 1 atom stereocenters. The van der Waals surface area contributed by atoms with Crippen molar-refractivity contribution >= 4 is 27.7 Å². The maximum absolute atomic E-state index is 12.4. The van der Waals surface area contributed by atoms with Gasteiger partial charge in [-0.2, -0.15) is 9.78 Å². The second-order valence-corrected chi connectivity index (χ2v) is 6.59. The third-order valence-corrected chi connectivity index (χ3v) is 4.61. The topological polar surface area (TPSA) is 108 Å². The van der Waals surface area contributed by atoms with Crippen molar-refractivity contribution in [1.82, 2.24) is 24.9 Å². The van der Waals surface area contributed by atoms with E-state index in [4.69, 9.17) is 0 Å². The standard InChI is InChI=1S/C15H21BrN6O3/c1-4-13(21-10(2)8-14(19-21)22(24)25)15(23)17-6-5-7-20-9-12(16)11(3)18-20/h8-9,13H,4-7H2,1-3H3,(H,17,23). The average molecular weight is 413 g/mol. The summed E-state index contributed by atoms with van der Waals surface area (Å²) < 4.78 is 4.20. The Morgan fingerprint density at radius 2 is 2.16 bits per heavy atom. The minimum Gasteiger partial charge on any atom is -0.358 e. The normalized spacial score (nSPS) is 12.2. The lowest BCUT2D eigenvalue weighted by molar-refractivity contribution is -0.389. The molecule has 0 spiro atoms. The van der Waals surface area contributed by atoms with Gasteiger partial charge in [0.1, 0.15) is 0 Å². The highest BCUT2D eigenvalue weighted by molar-refractivity contribution is 9.10. The van der Waals surface area contributed by atoms with Gasteiger partial charge in [-0.1, -0.05) is 6.92 Å². The Balaban J connectivity index is 1.90. The SMILES string of the molecule is CCC(C(=O)NCCCn1cc(Br)c(C)n1)n1nc([N+](=O)[O-])cc1C. The first kappa shape index (κ1) is 19.1. The molecule has 0 radical (unpaired) electrons. The van der Waals surface area contributed by atoms with Gasteiger partial charge in [-0.05, 0) is 47.5 Å². The Hall–Kier alpha value is -2.23. The molecular weight excluding hydrogens is 392 g/mol. The van der Waals surface area contributed by atoms with Crippen LogP contribution in [0.1, 0.15) is 37.2 Å². The summed E-state index contributed by atoms with van der Waals surface area (Å²) in [5.41, 5.74) is 1.51. The van der Waals surface area contributed by atoms with Crippen LogP contribution in [0.4, 0.5) is 5.82 Å². The smallest absolute Gasteiger partial charge is 0.358 e. The number of hydrogen-bond donors (Lipinski definition) is 1. The number of aromatic nitrogens is 4. The van der Waals surface area contributed by atoms with Crippen LogP contribution in [0.2, 0.25) is 0 Å². The Morgan fingerprint density at radius 3 is 2.68 bits per heavy atom. The number of nitrogens with one attached hydrogen (secondary N) is 1. The van der Waals surface area contributed by atoms with Crippen molar-refractivity contribution in [2.75, 3.05) is 6.54 Å². The van der Waals surface area contributed by atoms with Gasteiger partial charge in [0.05, 0.1) is 27.0 Å². The molecule has 1 N–H and O–H groups in total. The molecule has 2 aromatic rings. The highest BCUT2D eigenvalue weighted by Crippen LogP contribution is 2.19. The number of amides is 1. The Labute approximate surface area is 153 Å². The van der Waals surface area contributed by atoms with Crippen molar-refractivity contribution < 1.29 is 9.72 Å². The van der Waals surface area contributed by atoms with Gasteiger partial charge in [0, 0.05) is 19.3 Å². The molecule has 0 fully saturated rings. The highest BCUT2D eigenvalue weighted by Gasteiger charge is 2.26. The zero-order chi connectivity index (χ0) is 18.6. The number of aryl methyl sites for hydroxylation is 3. The molecule has 25 heavy (non-hydrogen) atoms. The summed E-state index contributed by atoms with van der Waals surface area (Å²) >= 11 is 3.41.